The third-order valence-electron chi connectivity index (χ3n) is 3.37. The van der Waals surface area contributed by atoms with Gasteiger partial charge in [0.15, 0.2) is 0 Å². The van der Waals surface area contributed by atoms with Crippen LogP contribution < -0.4 is 5.73 Å². The molecule has 106 valence electrons. The fourth-order valence-corrected chi connectivity index (χ4v) is 2.07. The van der Waals surface area contributed by atoms with Gasteiger partial charge >= 0.3 is 6.09 Å². The molecule has 1 saturated heterocycles. The number of amides is 1. The molecule has 1 rings (SSSR count). The Kier molecular flexibility index (Phi) is 6.38. The number of carbonyl (C=O) groups is 1. The van der Waals surface area contributed by atoms with E-state index in [2.05, 4.69) is 9.80 Å². The summed E-state index contributed by atoms with van der Waals surface area (Å²) in [7, 11) is 4.10. The molecule has 0 aromatic rings. The SMILES string of the molecule is CCOC(=O)N1CCN(CC(CN)N(C)C)CC1. The Bertz CT molecular complexity index is 252. The highest BCUT2D eigenvalue weighted by Crippen LogP contribution is 2.05. The molecule has 1 unspecified atom stereocenters. The summed E-state index contributed by atoms with van der Waals surface area (Å²) in [5.74, 6) is 0. The van der Waals surface area contributed by atoms with Crippen LogP contribution in [0.4, 0.5) is 4.79 Å². The molecule has 1 aliphatic heterocycles. The molecule has 6 nitrogen and oxygen atoms in total. The van der Waals surface area contributed by atoms with E-state index in [1.807, 2.05) is 21.0 Å². The van der Waals surface area contributed by atoms with Crippen LogP contribution in [0.1, 0.15) is 6.92 Å². The molecule has 0 bridgehead atoms. The highest BCUT2D eigenvalue weighted by molar-refractivity contribution is 5.67. The van der Waals surface area contributed by atoms with Gasteiger partial charge in [0.1, 0.15) is 0 Å². The molecule has 0 radical (unpaired) electrons. The summed E-state index contributed by atoms with van der Waals surface area (Å²) in [6, 6.07) is 0.374. The molecule has 0 spiro atoms. The minimum absolute atomic E-state index is 0.194. The van der Waals surface area contributed by atoms with E-state index in [0.717, 1.165) is 32.7 Å². The van der Waals surface area contributed by atoms with E-state index in [-0.39, 0.29) is 6.09 Å². The third-order valence-corrected chi connectivity index (χ3v) is 3.37. The number of likely N-dealkylation sites (N-methyl/N-ethyl adjacent to an activating group) is 1. The van der Waals surface area contributed by atoms with Gasteiger partial charge in [0, 0.05) is 45.3 Å². The van der Waals surface area contributed by atoms with Crippen LogP contribution in [0.15, 0.2) is 0 Å². The second kappa shape index (κ2) is 7.56. The number of nitrogens with zero attached hydrogens (tertiary/aromatic N) is 3. The summed E-state index contributed by atoms with van der Waals surface area (Å²) in [6.45, 7) is 7.15. The fraction of sp³-hybridized carbons (Fsp3) is 0.917. The number of ether oxygens (including phenoxy) is 1. The Morgan fingerprint density at radius 1 is 1.33 bits per heavy atom. The standard InChI is InChI=1S/C12H26N4O2/c1-4-18-12(17)16-7-5-15(6-8-16)10-11(9-13)14(2)3/h11H,4-10,13H2,1-3H3. The Balaban J connectivity index is 2.32. The van der Waals surface area contributed by atoms with E-state index >= 15 is 0 Å². The largest absolute Gasteiger partial charge is 0.450 e. The van der Waals surface area contributed by atoms with Gasteiger partial charge in [-0.3, -0.25) is 4.90 Å². The highest BCUT2D eigenvalue weighted by Gasteiger charge is 2.23. The van der Waals surface area contributed by atoms with Crippen molar-refractivity contribution in [2.24, 2.45) is 5.73 Å². The van der Waals surface area contributed by atoms with Crippen LogP contribution in [0.3, 0.4) is 0 Å². The van der Waals surface area contributed by atoms with Gasteiger partial charge in [0.25, 0.3) is 0 Å². The zero-order valence-corrected chi connectivity index (χ0v) is 11.8. The number of rotatable bonds is 5. The van der Waals surface area contributed by atoms with Gasteiger partial charge < -0.3 is 20.3 Å². The number of piperazine rings is 1. The van der Waals surface area contributed by atoms with Gasteiger partial charge in [-0.1, -0.05) is 0 Å². The van der Waals surface area contributed by atoms with E-state index < -0.39 is 0 Å². The predicted molar refractivity (Wildman–Crippen MR) is 71.6 cm³/mol. The van der Waals surface area contributed by atoms with Crippen LogP contribution in [0.2, 0.25) is 0 Å². The topological polar surface area (TPSA) is 62.0 Å². The van der Waals surface area contributed by atoms with E-state index in [9.17, 15) is 4.79 Å². The van der Waals surface area contributed by atoms with Gasteiger partial charge in [-0.05, 0) is 21.0 Å². The third kappa shape index (κ3) is 4.44. The van der Waals surface area contributed by atoms with Crippen molar-refractivity contribution in [2.45, 2.75) is 13.0 Å². The van der Waals surface area contributed by atoms with Crippen LogP contribution >= 0.6 is 0 Å². The summed E-state index contributed by atoms with van der Waals surface area (Å²) in [5, 5.41) is 0. The Labute approximate surface area is 110 Å². The van der Waals surface area contributed by atoms with Gasteiger partial charge in [-0.15, -0.1) is 0 Å². The lowest BCUT2D eigenvalue weighted by molar-refractivity contribution is 0.0723. The number of hydrogen-bond acceptors (Lipinski definition) is 5. The zero-order valence-electron chi connectivity index (χ0n) is 11.8. The molecule has 6 heteroatoms. The van der Waals surface area contributed by atoms with Crippen molar-refractivity contribution in [1.82, 2.24) is 14.7 Å². The predicted octanol–water partition coefficient (Wildman–Crippen LogP) is -0.351. The Morgan fingerprint density at radius 2 is 1.94 bits per heavy atom. The average molecular weight is 258 g/mol. The smallest absolute Gasteiger partial charge is 0.409 e. The summed E-state index contributed by atoms with van der Waals surface area (Å²) >= 11 is 0. The van der Waals surface area contributed by atoms with Crippen molar-refractivity contribution < 1.29 is 9.53 Å². The van der Waals surface area contributed by atoms with Crippen LogP contribution in [0, 0.1) is 0 Å². The number of nitrogens with two attached hydrogens (primary N) is 1. The van der Waals surface area contributed by atoms with E-state index in [4.69, 9.17) is 10.5 Å². The lowest BCUT2D eigenvalue weighted by atomic mass is 10.2. The van der Waals surface area contributed by atoms with Crippen molar-refractivity contribution in [3.63, 3.8) is 0 Å². The van der Waals surface area contributed by atoms with Gasteiger partial charge in [-0.2, -0.15) is 0 Å². The molecule has 18 heavy (non-hydrogen) atoms. The van der Waals surface area contributed by atoms with Crippen LogP contribution in [-0.4, -0.2) is 86.8 Å². The molecule has 2 N–H and O–H groups in total. The van der Waals surface area contributed by atoms with Gasteiger partial charge in [0.2, 0.25) is 0 Å². The summed E-state index contributed by atoms with van der Waals surface area (Å²) in [4.78, 5) is 17.8. The quantitative estimate of drug-likeness (QED) is 0.730. The Morgan fingerprint density at radius 3 is 2.39 bits per heavy atom. The number of carbonyl (C=O) groups excluding carboxylic acids is 1. The summed E-state index contributed by atoms with van der Waals surface area (Å²) in [5.41, 5.74) is 5.75. The minimum Gasteiger partial charge on any atom is -0.450 e. The van der Waals surface area contributed by atoms with Crippen molar-refractivity contribution in [1.29, 1.82) is 0 Å². The minimum atomic E-state index is -0.194. The van der Waals surface area contributed by atoms with Gasteiger partial charge in [0.05, 0.1) is 6.61 Å². The molecule has 1 aliphatic rings. The summed E-state index contributed by atoms with van der Waals surface area (Å²) in [6.07, 6.45) is -0.194. The molecule has 1 heterocycles. The second-order valence-corrected chi connectivity index (χ2v) is 4.84. The summed E-state index contributed by atoms with van der Waals surface area (Å²) < 4.78 is 5.00. The maximum Gasteiger partial charge on any atom is 0.409 e. The van der Waals surface area contributed by atoms with Gasteiger partial charge in [-0.25, -0.2) is 4.79 Å². The lowest BCUT2D eigenvalue weighted by Gasteiger charge is -2.37. The normalized spacial score (nSPS) is 19.1. The fourth-order valence-electron chi connectivity index (χ4n) is 2.07. The second-order valence-electron chi connectivity index (χ2n) is 4.84. The number of hydrogen-bond donors (Lipinski definition) is 1. The van der Waals surface area contributed by atoms with Crippen molar-refractivity contribution in [2.75, 3.05) is 60.0 Å². The molecule has 0 aromatic carbocycles. The first kappa shape index (κ1) is 15.2. The van der Waals surface area contributed by atoms with Crippen molar-refractivity contribution in [3.8, 4) is 0 Å². The van der Waals surface area contributed by atoms with E-state index in [1.165, 1.54) is 0 Å². The molecule has 0 saturated carbocycles. The Hall–Kier alpha value is -0.850. The highest BCUT2D eigenvalue weighted by atomic mass is 16.6. The molecule has 1 amide bonds. The zero-order chi connectivity index (χ0) is 13.5. The molecular formula is C12H26N4O2. The molecule has 0 aromatic heterocycles. The molecule has 0 aliphatic carbocycles. The van der Waals surface area contributed by atoms with Crippen molar-refractivity contribution >= 4 is 6.09 Å². The van der Waals surface area contributed by atoms with Crippen molar-refractivity contribution in [3.05, 3.63) is 0 Å². The monoisotopic (exact) mass is 258 g/mol. The first-order valence-corrected chi connectivity index (χ1v) is 6.59. The maximum atomic E-state index is 11.5. The van der Waals surface area contributed by atoms with Crippen LogP contribution in [-0.2, 0) is 4.74 Å². The van der Waals surface area contributed by atoms with Crippen LogP contribution in [0.5, 0.6) is 0 Å². The molecule has 1 fully saturated rings. The van der Waals surface area contributed by atoms with E-state index in [0.29, 0.717) is 19.2 Å². The van der Waals surface area contributed by atoms with Crippen LogP contribution in [0.25, 0.3) is 0 Å². The molecular weight excluding hydrogens is 232 g/mol. The maximum absolute atomic E-state index is 11.5. The first-order valence-electron chi connectivity index (χ1n) is 6.59. The molecule has 1 atom stereocenters. The first-order chi connectivity index (χ1) is 8.58. The average Bonchev–Trinajstić information content (AvgIpc) is 2.36. The lowest BCUT2D eigenvalue weighted by Crippen LogP contribution is -2.53. The van der Waals surface area contributed by atoms with E-state index in [1.54, 1.807) is 4.90 Å².